The average molecular weight is 226 g/mol. The van der Waals surface area contributed by atoms with Crippen molar-refractivity contribution in [1.82, 2.24) is 0 Å². The van der Waals surface area contributed by atoms with E-state index in [1.807, 2.05) is 0 Å². The van der Waals surface area contributed by atoms with E-state index < -0.39 is 8.07 Å². The highest BCUT2D eigenvalue weighted by atomic mass is 32.1. The predicted molar refractivity (Wildman–Crippen MR) is 70.5 cm³/mol. The highest BCUT2D eigenvalue weighted by Gasteiger charge is 2.30. The Morgan fingerprint density at radius 1 is 1.00 bits per heavy atom. The molecule has 0 amide bonds. The average Bonchev–Trinajstić information content (AvgIpc) is 2.71. The SMILES string of the molecule is CCc1ccc([Si](CC)(CC)CC)s1. The molecule has 1 aromatic rings. The van der Waals surface area contributed by atoms with Crippen molar-refractivity contribution in [2.75, 3.05) is 0 Å². The zero-order valence-corrected chi connectivity index (χ0v) is 11.7. The van der Waals surface area contributed by atoms with Crippen molar-refractivity contribution in [3.8, 4) is 0 Å². The third kappa shape index (κ3) is 2.11. The fourth-order valence-electron chi connectivity index (χ4n) is 2.13. The first-order valence-corrected chi connectivity index (χ1v) is 9.25. The molecule has 0 saturated heterocycles. The standard InChI is InChI=1S/C12H22SSi/c1-5-11-9-10-12(13-11)14(6-2,7-3)8-4/h9-10H,5-8H2,1-4H3. The van der Waals surface area contributed by atoms with Gasteiger partial charge < -0.3 is 0 Å². The summed E-state index contributed by atoms with van der Waals surface area (Å²) in [6.45, 7) is 9.39. The highest BCUT2D eigenvalue weighted by molar-refractivity contribution is 7.27. The van der Waals surface area contributed by atoms with Crippen LogP contribution in [0.2, 0.25) is 18.1 Å². The summed E-state index contributed by atoms with van der Waals surface area (Å²) < 4.78 is 1.74. The normalized spacial score (nSPS) is 12.0. The summed E-state index contributed by atoms with van der Waals surface area (Å²) in [5, 5.41) is 0. The van der Waals surface area contributed by atoms with Crippen LogP contribution < -0.4 is 4.50 Å². The number of hydrogen-bond donors (Lipinski definition) is 0. The summed E-state index contributed by atoms with van der Waals surface area (Å²) in [5.41, 5.74) is 0. The van der Waals surface area contributed by atoms with Gasteiger partial charge in [0.15, 0.2) is 0 Å². The van der Waals surface area contributed by atoms with Crippen molar-refractivity contribution in [3.05, 3.63) is 17.0 Å². The van der Waals surface area contributed by atoms with Crippen LogP contribution in [0.15, 0.2) is 12.1 Å². The molecule has 1 rings (SSSR count). The Morgan fingerprint density at radius 3 is 1.93 bits per heavy atom. The minimum atomic E-state index is -1.07. The summed E-state index contributed by atoms with van der Waals surface area (Å²) in [5.74, 6) is 0. The summed E-state index contributed by atoms with van der Waals surface area (Å²) in [4.78, 5) is 1.56. The molecule has 0 radical (unpaired) electrons. The van der Waals surface area contributed by atoms with E-state index >= 15 is 0 Å². The number of hydrogen-bond acceptors (Lipinski definition) is 1. The zero-order valence-electron chi connectivity index (χ0n) is 9.89. The first-order chi connectivity index (χ1) is 6.72. The second kappa shape index (κ2) is 5.13. The molecule has 0 aromatic carbocycles. The molecule has 0 nitrogen and oxygen atoms in total. The lowest BCUT2D eigenvalue weighted by Gasteiger charge is -2.26. The van der Waals surface area contributed by atoms with E-state index in [0.29, 0.717) is 0 Å². The maximum absolute atomic E-state index is 2.41. The lowest BCUT2D eigenvalue weighted by atomic mass is 10.4. The van der Waals surface area contributed by atoms with Crippen LogP contribution in [0.3, 0.4) is 0 Å². The summed E-state index contributed by atoms with van der Waals surface area (Å²) >= 11 is 2.08. The summed E-state index contributed by atoms with van der Waals surface area (Å²) in [6.07, 6.45) is 1.20. The van der Waals surface area contributed by atoms with Crippen molar-refractivity contribution in [2.24, 2.45) is 0 Å². The van der Waals surface area contributed by atoms with Crippen molar-refractivity contribution >= 4 is 23.9 Å². The second-order valence-electron chi connectivity index (χ2n) is 3.96. The number of rotatable bonds is 5. The molecule has 0 spiro atoms. The number of thiophene rings is 1. The van der Waals surface area contributed by atoms with Crippen LogP contribution in [-0.4, -0.2) is 8.07 Å². The van der Waals surface area contributed by atoms with Crippen LogP contribution in [-0.2, 0) is 6.42 Å². The van der Waals surface area contributed by atoms with Gasteiger partial charge in [-0.15, -0.1) is 0 Å². The van der Waals surface area contributed by atoms with E-state index in [1.165, 1.54) is 24.6 Å². The van der Waals surface area contributed by atoms with Crippen LogP contribution in [0.25, 0.3) is 0 Å². The molecule has 1 aromatic heterocycles. The summed E-state index contributed by atoms with van der Waals surface area (Å²) in [7, 11) is -1.07. The highest BCUT2D eigenvalue weighted by Crippen LogP contribution is 2.24. The first kappa shape index (κ1) is 12.0. The van der Waals surface area contributed by atoms with Gasteiger partial charge in [0.2, 0.25) is 0 Å². The molecule has 0 aliphatic carbocycles. The van der Waals surface area contributed by atoms with Crippen molar-refractivity contribution < 1.29 is 0 Å². The van der Waals surface area contributed by atoms with E-state index in [9.17, 15) is 0 Å². The summed E-state index contributed by atoms with van der Waals surface area (Å²) in [6, 6.07) is 8.96. The van der Waals surface area contributed by atoms with Gasteiger partial charge in [0.25, 0.3) is 0 Å². The van der Waals surface area contributed by atoms with Crippen LogP contribution in [0.5, 0.6) is 0 Å². The van der Waals surface area contributed by atoms with Gasteiger partial charge in [-0.25, -0.2) is 0 Å². The van der Waals surface area contributed by atoms with Crippen LogP contribution in [0.1, 0.15) is 32.6 Å². The van der Waals surface area contributed by atoms with Crippen LogP contribution in [0.4, 0.5) is 0 Å². The van der Waals surface area contributed by atoms with E-state index in [1.54, 1.807) is 9.38 Å². The third-order valence-corrected chi connectivity index (χ3v) is 11.5. The van der Waals surface area contributed by atoms with E-state index in [2.05, 4.69) is 51.2 Å². The van der Waals surface area contributed by atoms with Gasteiger partial charge in [-0.05, 0) is 17.0 Å². The zero-order chi connectivity index (χ0) is 10.6. The third-order valence-electron chi connectivity index (χ3n) is 3.56. The van der Waals surface area contributed by atoms with Crippen LogP contribution in [0, 0.1) is 0 Å². The van der Waals surface area contributed by atoms with Gasteiger partial charge in [0, 0.05) is 4.88 Å². The first-order valence-electron chi connectivity index (χ1n) is 5.81. The maximum atomic E-state index is 2.41. The molecular formula is C12H22SSi. The Labute approximate surface area is 93.4 Å². The monoisotopic (exact) mass is 226 g/mol. The minimum Gasteiger partial charge on any atom is -0.150 e. The molecule has 2 heteroatoms. The molecule has 0 N–H and O–H groups in total. The second-order valence-corrected chi connectivity index (χ2v) is 10.7. The molecular weight excluding hydrogens is 204 g/mol. The van der Waals surface area contributed by atoms with Gasteiger partial charge >= 0.3 is 0 Å². The largest absolute Gasteiger partial charge is 0.150 e. The fraction of sp³-hybridized carbons (Fsp3) is 0.667. The maximum Gasteiger partial charge on any atom is 0.0987 e. The van der Waals surface area contributed by atoms with Gasteiger partial charge in [0.05, 0.1) is 8.07 Å². The molecule has 0 unspecified atom stereocenters. The van der Waals surface area contributed by atoms with Crippen molar-refractivity contribution in [1.29, 1.82) is 0 Å². The molecule has 0 saturated carbocycles. The molecule has 0 aliphatic heterocycles. The van der Waals surface area contributed by atoms with Gasteiger partial charge in [-0.1, -0.05) is 51.9 Å². The van der Waals surface area contributed by atoms with E-state index in [4.69, 9.17) is 0 Å². The van der Waals surface area contributed by atoms with E-state index in [0.717, 1.165) is 0 Å². The Morgan fingerprint density at radius 2 is 1.57 bits per heavy atom. The molecule has 0 bridgehead atoms. The molecule has 14 heavy (non-hydrogen) atoms. The smallest absolute Gasteiger partial charge is 0.0987 e. The topological polar surface area (TPSA) is 0 Å². The molecule has 80 valence electrons. The molecule has 0 aliphatic rings. The van der Waals surface area contributed by atoms with Crippen molar-refractivity contribution in [3.63, 3.8) is 0 Å². The van der Waals surface area contributed by atoms with Crippen molar-refractivity contribution in [2.45, 2.75) is 52.2 Å². The molecule has 1 heterocycles. The predicted octanol–water partition coefficient (Wildman–Crippen LogP) is 4.03. The number of aryl methyl sites for hydroxylation is 1. The van der Waals surface area contributed by atoms with E-state index in [-0.39, 0.29) is 0 Å². The van der Waals surface area contributed by atoms with Gasteiger partial charge in [-0.3, -0.25) is 0 Å². The molecule has 0 atom stereocenters. The minimum absolute atomic E-state index is 1.07. The Bertz CT molecular complexity index is 265. The lowest BCUT2D eigenvalue weighted by Crippen LogP contribution is -2.43. The Hall–Kier alpha value is -0.0831. The fourth-order valence-corrected chi connectivity index (χ4v) is 8.37. The van der Waals surface area contributed by atoms with Gasteiger partial charge in [-0.2, -0.15) is 11.3 Å². The Kier molecular flexibility index (Phi) is 4.39. The quantitative estimate of drug-likeness (QED) is 0.665. The van der Waals surface area contributed by atoms with Gasteiger partial charge in [0.1, 0.15) is 0 Å². The lowest BCUT2D eigenvalue weighted by molar-refractivity contribution is 1.19. The van der Waals surface area contributed by atoms with Crippen LogP contribution >= 0.6 is 11.3 Å². The molecule has 0 fully saturated rings. The Balaban J connectivity index is 2.98.